The van der Waals surface area contributed by atoms with Crippen LogP contribution in [-0.4, -0.2) is 186 Å². The number of unbranched alkanes of at least 4 members (excludes halogenated alkanes) is 23. The lowest BCUT2D eigenvalue weighted by molar-refractivity contribution is -0.161. The summed E-state index contributed by atoms with van der Waals surface area (Å²) in [5.74, 6) is -2.29. The van der Waals surface area contributed by atoms with Crippen molar-refractivity contribution in [2.45, 2.75) is 354 Å². The molecule has 4 rings (SSSR count). The second-order valence-corrected chi connectivity index (χ2v) is 33.9. The highest BCUT2D eigenvalue weighted by Gasteiger charge is 2.44. The molecule has 0 spiro atoms. The zero-order valence-corrected chi connectivity index (χ0v) is 79.2. The Morgan fingerprint density at radius 2 is 0.508 bits per heavy atom. The monoisotopic (exact) mass is 1830 g/mol. The number of ether oxygens (including phenoxy) is 15. The second-order valence-electron chi connectivity index (χ2n) is 33.9. The second kappa shape index (κ2) is 72.7. The minimum atomic E-state index is -0.513. The maximum absolute atomic E-state index is 12.6. The van der Waals surface area contributed by atoms with Crippen molar-refractivity contribution in [3.05, 3.63) is 96.6 Å². The van der Waals surface area contributed by atoms with E-state index in [-0.39, 0.29) is 149 Å². The van der Waals surface area contributed by atoms with Crippen LogP contribution in [0, 0.1) is 0 Å². The third-order valence-electron chi connectivity index (χ3n) is 21.6. The van der Waals surface area contributed by atoms with Crippen LogP contribution in [0.4, 0.5) is 0 Å². The van der Waals surface area contributed by atoms with Crippen LogP contribution in [0.25, 0.3) is 0 Å². The van der Waals surface area contributed by atoms with E-state index in [2.05, 4.69) is 53.1 Å². The van der Waals surface area contributed by atoms with Gasteiger partial charge in [0, 0.05) is 81.4 Å². The molecule has 1 aliphatic rings. The molecule has 0 aromatic heterocycles. The summed E-state index contributed by atoms with van der Waals surface area (Å²) in [6, 6.07) is 19.9. The number of nitrogens with zero attached hydrogens (tertiary/aromatic N) is 1. The number of piperidine rings is 1. The standard InChI is InChI=1S/C66H113NO20.C35H40O8/c1-7-8-43-78-55(68)33-17-9-25-44-79-56(69)34-18-10-26-45-80-57(70)35-19-11-27-46-81-58(71)36-20-12-28-47-82-59(72)37-21-13-29-48-83-60(73)38-22-14-30-49-84-61(74)39-23-15-31-50-85-62(75)40-24-16-32-51-86-63(76)41-42-64(77)87-54-52-65(2,3)67(6)66(4,5)53-54;1-3-5-6-9-24-39-29-16-12-27(13-17-29)34(37)42-31-20-22-32(23-21-31)43-35(38)28-14-18-30(19-15-28)40-25-10-7-8-11-26-41-33(36)4-2/h54H,7-53H2,1-6H3;4,12-23H,2-3,5-11,24-26H2,1H3. The number of rotatable bonds is 74. The van der Waals surface area contributed by atoms with Gasteiger partial charge in [0.25, 0.3) is 0 Å². The lowest BCUT2D eigenvalue weighted by atomic mass is 9.79. The smallest absolute Gasteiger partial charge is 0.343 e. The Morgan fingerprint density at radius 1 is 0.285 bits per heavy atom. The normalized spacial score (nSPS) is 12.6. The van der Waals surface area contributed by atoms with Gasteiger partial charge in [-0.3, -0.25) is 52.8 Å². The summed E-state index contributed by atoms with van der Waals surface area (Å²) in [4.78, 5) is 159. The average molecular weight is 1830 g/mol. The van der Waals surface area contributed by atoms with E-state index in [1.807, 2.05) is 6.92 Å². The van der Waals surface area contributed by atoms with Crippen molar-refractivity contribution in [1.29, 1.82) is 0 Å². The largest absolute Gasteiger partial charge is 0.494 e. The van der Waals surface area contributed by atoms with Crippen LogP contribution in [0.5, 0.6) is 23.0 Å². The minimum absolute atomic E-state index is 0.0176. The molecule has 3 aromatic carbocycles. The van der Waals surface area contributed by atoms with Crippen molar-refractivity contribution >= 4 is 77.6 Å². The van der Waals surface area contributed by atoms with E-state index in [4.69, 9.17) is 71.1 Å². The number of hydrogen-bond donors (Lipinski definition) is 0. The molecule has 0 atom stereocenters. The Hall–Kier alpha value is -9.93. The van der Waals surface area contributed by atoms with Gasteiger partial charge in [-0.1, -0.05) is 46.1 Å². The van der Waals surface area contributed by atoms with Crippen LogP contribution in [0.2, 0.25) is 0 Å². The molecule has 0 unspecified atom stereocenters. The summed E-state index contributed by atoms with van der Waals surface area (Å²) >= 11 is 0. The minimum Gasteiger partial charge on any atom is -0.494 e. The quantitative estimate of drug-likeness (QED) is 0.0166. The van der Waals surface area contributed by atoms with E-state index in [0.717, 1.165) is 121 Å². The van der Waals surface area contributed by atoms with Crippen LogP contribution in [0.15, 0.2) is 85.5 Å². The fourth-order valence-electron chi connectivity index (χ4n) is 13.6. The highest BCUT2D eigenvalue weighted by atomic mass is 16.6. The molecular weight excluding hydrogens is 1680 g/mol. The Bertz CT molecular complexity index is 3670. The molecule has 730 valence electrons. The fourth-order valence-corrected chi connectivity index (χ4v) is 13.6. The first kappa shape index (κ1) is 114. The SMILES string of the molecule is C=CC(=O)OCCCCCCOc1ccc(C(=O)Oc2ccc(OC(=O)c3ccc(OCCCCCC)cc3)cc2)cc1.CCCCOC(=O)CCCCCOC(=O)CCCCCOC(=O)CCCCCOC(=O)CCCCCOC(=O)CCCCCOC(=O)CCCCCOC(=O)CCCCCOC(=O)CCCCCOC(=O)CCC(=O)OC1CC(C)(C)N(C)C(C)(C)C1. The predicted octanol–water partition coefficient (Wildman–Crippen LogP) is 19.9. The molecule has 1 saturated heterocycles. The first-order chi connectivity index (χ1) is 62.7. The molecule has 0 bridgehead atoms. The third kappa shape index (κ3) is 60.1. The number of esters is 13. The lowest BCUT2D eigenvalue weighted by Crippen LogP contribution is -2.60. The molecule has 1 fully saturated rings. The average Bonchev–Trinajstić information content (AvgIpc) is 0.778. The number of likely N-dealkylation sites (tertiary alicyclic amines) is 1. The van der Waals surface area contributed by atoms with Gasteiger partial charge in [0.15, 0.2) is 0 Å². The number of carbonyl (C=O) groups excluding carboxylic acids is 13. The fraction of sp³-hybridized carbons (Fsp3) is 0.673. The summed E-state index contributed by atoms with van der Waals surface area (Å²) in [6.07, 6.45) is 30.9. The molecule has 3 aromatic rings. The van der Waals surface area contributed by atoms with E-state index < -0.39 is 23.9 Å². The first-order valence-corrected chi connectivity index (χ1v) is 47.9. The van der Waals surface area contributed by atoms with Gasteiger partial charge < -0.3 is 71.1 Å². The topological polar surface area (TPSA) is 364 Å². The number of hydrogen-bond acceptors (Lipinski definition) is 29. The van der Waals surface area contributed by atoms with Crippen molar-refractivity contribution in [1.82, 2.24) is 4.90 Å². The Morgan fingerprint density at radius 3 is 0.777 bits per heavy atom. The molecule has 130 heavy (non-hydrogen) atoms. The van der Waals surface area contributed by atoms with Crippen molar-refractivity contribution in [3.8, 4) is 23.0 Å². The molecule has 0 N–H and O–H groups in total. The highest BCUT2D eigenvalue weighted by molar-refractivity contribution is 5.92. The van der Waals surface area contributed by atoms with Gasteiger partial charge in [0.05, 0.1) is 103 Å². The zero-order valence-electron chi connectivity index (χ0n) is 79.2. The number of benzene rings is 3. The molecule has 1 heterocycles. The maximum Gasteiger partial charge on any atom is 0.343 e. The van der Waals surface area contributed by atoms with Gasteiger partial charge in [0.1, 0.15) is 29.1 Å². The number of carbonyl (C=O) groups is 13. The molecule has 0 amide bonds. The summed E-state index contributed by atoms with van der Waals surface area (Å²) < 4.78 is 80.4. The molecule has 0 radical (unpaired) electrons. The van der Waals surface area contributed by atoms with Gasteiger partial charge >= 0.3 is 77.6 Å². The molecule has 29 nitrogen and oxygen atoms in total. The van der Waals surface area contributed by atoms with E-state index in [0.29, 0.717) is 203 Å². The van der Waals surface area contributed by atoms with Crippen LogP contribution >= 0.6 is 0 Å². The Labute approximate surface area is 772 Å². The summed E-state index contributed by atoms with van der Waals surface area (Å²) in [6.45, 7) is 20.5. The van der Waals surface area contributed by atoms with Crippen molar-refractivity contribution in [3.63, 3.8) is 0 Å². The molecule has 29 heteroatoms. The van der Waals surface area contributed by atoms with Gasteiger partial charge in [0.2, 0.25) is 0 Å². The van der Waals surface area contributed by atoms with Crippen molar-refractivity contribution in [2.75, 3.05) is 86.3 Å². The van der Waals surface area contributed by atoms with Crippen LogP contribution < -0.4 is 18.9 Å². The highest BCUT2D eigenvalue weighted by Crippen LogP contribution is 2.38. The van der Waals surface area contributed by atoms with Crippen molar-refractivity contribution in [2.24, 2.45) is 0 Å². The molecule has 0 saturated carbocycles. The van der Waals surface area contributed by atoms with Gasteiger partial charge in [-0.2, -0.15) is 0 Å². The molecule has 1 aliphatic heterocycles. The lowest BCUT2D eigenvalue weighted by Gasteiger charge is -2.53. The Balaban J connectivity index is 0.000000838. The van der Waals surface area contributed by atoms with E-state index >= 15 is 0 Å². The van der Waals surface area contributed by atoms with E-state index in [1.165, 1.54) is 12.8 Å². The van der Waals surface area contributed by atoms with E-state index in [9.17, 15) is 62.3 Å². The summed E-state index contributed by atoms with van der Waals surface area (Å²) in [5, 5.41) is 0. The maximum atomic E-state index is 12.6. The van der Waals surface area contributed by atoms with Gasteiger partial charge in [-0.15, -0.1) is 0 Å². The van der Waals surface area contributed by atoms with Gasteiger partial charge in [-0.05, 0) is 300 Å². The Kier molecular flexibility index (Phi) is 63.9. The third-order valence-corrected chi connectivity index (χ3v) is 21.6. The molecule has 0 aliphatic carbocycles. The summed E-state index contributed by atoms with van der Waals surface area (Å²) in [7, 11) is 2.09. The van der Waals surface area contributed by atoms with Crippen LogP contribution in [0.1, 0.15) is 358 Å². The van der Waals surface area contributed by atoms with Crippen LogP contribution in [0.3, 0.4) is 0 Å². The van der Waals surface area contributed by atoms with Crippen molar-refractivity contribution < 1.29 is 133 Å². The predicted molar refractivity (Wildman–Crippen MR) is 490 cm³/mol. The summed E-state index contributed by atoms with van der Waals surface area (Å²) in [5.41, 5.74) is 0.575. The van der Waals surface area contributed by atoms with E-state index in [1.54, 1.807) is 72.8 Å². The van der Waals surface area contributed by atoms with Gasteiger partial charge in [-0.25, -0.2) is 14.4 Å². The molecular formula is C101H153NO28. The van der Waals surface area contributed by atoms with Crippen LogP contribution in [-0.2, 0) is 105 Å². The first-order valence-electron chi connectivity index (χ1n) is 47.9. The zero-order chi connectivity index (χ0) is 94.9.